The van der Waals surface area contributed by atoms with Crippen LogP contribution in [0.1, 0.15) is 38.5 Å². The van der Waals surface area contributed by atoms with Crippen molar-refractivity contribution >= 4 is 40.2 Å². The second kappa shape index (κ2) is 5.82. The van der Waals surface area contributed by atoms with E-state index < -0.39 is 0 Å². The Morgan fingerprint density at radius 3 is 2.60 bits per heavy atom. The molecule has 1 aliphatic rings. The zero-order valence-electron chi connectivity index (χ0n) is 11.4. The summed E-state index contributed by atoms with van der Waals surface area (Å²) in [6, 6.07) is 3.65. The van der Waals surface area contributed by atoms with Crippen molar-refractivity contribution in [3.63, 3.8) is 0 Å². The first-order valence-electron chi connectivity index (χ1n) is 7.26. The summed E-state index contributed by atoms with van der Waals surface area (Å²) < 4.78 is 2.06. The monoisotopic (exact) mass is 311 g/mol. The normalized spacial score (nSPS) is 16.9. The van der Waals surface area contributed by atoms with E-state index in [-0.39, 0.29) is 0 Å². The molecule has 3 nitrogen and oxygen atoms in total. The van der Waals surface area contributed by atoms with E-state index in [9.17, 15) is 0 Å². The van der Waals surface area contributed by atoms with Gasteiger partial charge < -0.3 is 10.3 Å². The SMILES string of the molecule is Nc1nc2cc(Cl)c(Cl)cc2n1CCC1CCCCC1. The number of fused-ring (bicyclic) bond motifs is 1. The first kappa shape index (κ1) is 14.0. The largest absolute Gasteiger partial charge is 0.369 e. The minimum absolute atomic E-state index is 0.524. The average Bonchev–Trinajstić information content (AvgIpc) is 2.73. The standard InChI is InChI=1S/C15H19Cl2N3/c16-11-8-13-14(9-12(11)17)20(15(18)19-13)7-6-10-4-2-1-3-5-10/h8-10H,1-7H2,(H2,18,19). The molecule has 0 saturated heterocycles. The van der Waals surface area contributed by atoms with Crippen LogP contribution in [0.15, 0.2) is 12.1 Å². The summed E-state index contributed by atoms with van der Waals surface area (Å²) in [5.41, 5.74) is 7.83. The minimum atomic E-state index is 0.524. The zero-order chi connectivity index (χ0) is 14.1. The fraction of sp³-hybridized carbons (Fsp3) is 0.533. The Balaban J connectivity index is 1.83. The Labute approximate surface area is 129 Å². The lowest BCUT2D eigenvalue weighted by Crippen LogP contribution is -2.11. The van der Waals surface area contributed by atoms with Crippen LogP contribution in [0.5, 0.6) is 0 Å². The maximum atomic E-state index is 6.10. The molecule has 108 valence electrons. The number of halogens is 2. The number of nitrogens with zero attached hydrogens (tertiary/aromatic N) is 2. The molecule has 20 heavy (non-hydrogen) atoms. The number of aryl methyl sites for hydroxylation is 1. The second-order valence-corrected chi connectivity index (χ2v) is 6.48. The summed E-state index contributed by atoms with van der Waals surface area (Å²) in [7, 11) is 0. The molecule has 0 aliphatic heterocycles. The summed E-state index contributed by atoms with van der Waals surface area (Å²) in [6.45, 7) is 0.908. The van der Waals surface area contributed by atoms with Crippen LogP contribution in [0.2, 0.25) is 10.0 Å². The van der Waals surface area contributed by atoms with Gasteiger partial charge in [0, 0.05) is 6.54 Å². The Bertz CT molecular complexity index is 615. The number of hydrogen-bond acceptors (Lipinski definition) is 2. The van der Waals surface area contributed by atoms with Crippen LogP contribution in [0, 0.1) is 5.92 Å². The molecular formula is C15H19Cl2N3. The molecule has 1 heterocycles. The molecule has 5 heteroatoms. The van der Waals surface area contributed by atoms with Crippen molar-refractivity contribution in [1.29, 1.82) is 0 Å². The fourth-order valence-corrected chi connectivity index (χ4v) is 3.48. The van der Waals surface area contributed by atoms with E-state index in [1.54, 1.807) is 6.07 Å². The lowest BCUT2D eigenvalue weighted by atomic mass is 9.87. The maximum Gasteiger partial charge on any atom is 0.201 e. The maximum absolute atomic E-state index is 6.10. The second-order valence-electron chi connectivity index (χ2n) is 5.67. The predicted molar refractivity (Wildman–Crippen MR) is 85.4 cm³/mol. The van der Waals surface area contributed by atoms with E-state index in [1.165, 1.54) is 32.1 Å². The highest BCUT2D eigenvalue weighted by Gasteiger charge is 2.16. The van der Waals surface area contributed by atoms with Crippen molar-refractivity contribution in [2.24, 2.45) is 5.92 Å². The number of rotatable bonds is 3. The first-order chi connectivity index (χ1) is 9.65. The number of nitrogens with two attached hydrogens (primary N) is 1. The zero-order valence-corrected chi connectivity index (χ0v) is 12.9. The lowest BCUT2D eigenvalue weighted by Gasteiger charge is -2.21. The van der Waals surface area contributed by atoms with E-state index in [0.29, 0.717) is 16.0 Å². The lowest BCUT2D eigenvalue weighted by molar-refractivity contribution is 0.326. The molecule has 3 rings (SSSR count). The molecular weight excluding hydrogens is 293 g/mol. The van der Waals surface area contributed by atoms with Gasteiger partial charge in [0.1, 0.15) is 0 Å². The van der Waals surface area contributed by atoms with Gasteiger partial charge in [0.25, 0.3) is 0 Å². The van der Waals surface area contributed by atoms with Gasteiger partial charge in [-0.25, -0.2) is 4.98 Å². The topological polar surface area (TPSA) is 43.8 Å². The van der Waals surface area contributed by atoms with Gasteiger partial charge in [-0.15, -0.1) is 0 Å². The van der Waals surface area contributed by atoms with Gasteiger partial charge in [-0.1, -0.05) is 55.3 Å². The first-order valence-corrected chi connectivity index (χ1v) is 8.01. The quantitative estimate of drug-likeness (QED) is 0.876. The molecule has 1 aromatic carbocycles. The van der Waals surface area contributed by atoms with E-state index in [4.69, 9.17) is 28.9 Å². The third kappa shape index (κ3) is 2.75. The Morgan fingerprint density at radius 1 is 1.15 bits per heavy atom. The molecule has 0 radical (unpaired) electrons. The number of benzene rings is 1. The summed E-state index contributed by atoms with van der Waals surface area (Å²) in [5.74, 6) is 1.37. The number of aromatic nitrogens is 2. The van der Waals surface area contributed by atoms with E-state index in [1.807, 2.05) is 6.07 Å². The van der Waals surface area contributed by atoms with Crippen LogP contribution in [-0.4, -0.2) is 9.55 Å². The summed E-state index contributed by atoms with van der Waals surface area (Å²) in [5, 5.41) is 1.08. The third-order valence-corrected chi connectivity index (χ3v) is 5.03. The Morgan fingerprint density at radius 2 is 1.85 bits per heavy atom. The highest BCUT2D eigenvalue weighted by molar-refractivity contribution is 6.42. The minimum Gasteiger partial charge on any atom is -0.369 e. The van der Waals surface area contributed by atoms with Crippen molar-refractivity contribution in [2.45, 2.75) is 45.1 Å². The van der Waals surface area contributed by atoms with Gasteiger partial charge in [-0.05, 0) is 24.5 Å². The molecule has 0 bridgehead atoms. The molecule has 0 amide bonds. The van der Waals surface area contributed by atoms with Crippen molar-refractivity contribution in [3.8, 4) is 0 Å². The van der Waals surface area contributed by atoms with E-state index in [2.05, 4.69) is 9.55 Å². The van der Waals surface area contributed by atoms with Crippen molar-refractivity contribution < 1.29 is 0 Å². The van der Waals surface area contributed by atoms with Gasteiger partial charge in [0.2, 0.25) is 5.95 Å². The van der Waals surface area contributed by atoms with Crippen LogP contribution in [0.4, 0.5) is 5.95 Å². The average molecular weight is 312 g/mol. The van der Waals surface area contributed by atoms with Crippen LogP contribution in [0.25, 0.3) is 11.0 Å². The van der Waals surface area contributed by atoms with Gasteiger partial charge in [0.05, 0.1) is 21.1 Å². The van der Waals surface area contributed by atoms with Gasteiger partial charge in [-0.2, -0.15) is 0 Å². The molecule has 0 unspecified atom stereocenters. The number of nitrogen functional groups attached to an aromatic ring is 1. The molecule has 0 atom stereocenters. The van der Waals surface area contributed by atoms with Crippen molar-refractivity contribution in [2.75, 3.05) is 5.73 Å². The molecule has 2 N–H and O–H groups in total. The predicted octanol–water partition coefficient (Wildman–Crippen LogP) is 4.90. The molecule has 0 spiro atoms. The third-order valence-electron chi connectivity index (χ3n) is 4.31. The summed E-state index contributed by atoms with van der Waals surface area (Å²) >= 11 is 12.1. The van der Waals surface area contributed by atoms with Crippen LogP contribution in [-0.2, 0) is 6.54 Å². The Hall–Kier alpha value is -0.930. The molecule has 1 aromatic heterocycles. The molecule has 1 aliphatic carbocycles. The van der Waals surface area contributed by atoms with Gasteiger partial charge in [0.15, 0.2) is 0 Å². The van der Waals surface area contributed by atoms with E-state index in [0.717, 1.165) is 29.9 Å². The molecule has 1 saturated carbocycles. The number of anilines is 1. The van der Waals surface area contributed by atoms with Crippen LogP contribution >= 0.6 is 23.2 Å². The van der Waals surface area contributed by atoms with Gasteiger partial charge in [-0.3, -0.25) is 0 Å². The number of hydrogen-bond donors (Lipinski definition) is 1. The summed E-state index contributed by atoms with van der Waals surface area (Å²) in [4.78, 5) is 4.38. The summed E-state index contributed by atoms with van der Waals surface area (Å²) in [6.07, 6.45) is 7.98. The van der Waals surface area contributed by atoms with Crippen LogP contribution < -0.4 is 5.73 Å². The van der Waals surface area contributed by atoms with Crippen molar-refractivity contribution in [1.82, 2.24) is 9.55 Å². The smallest absolute Gasteiger partial charge is 0.201 e. The van der Waals surface area contributed by atoms with E-state index >= 15 is 0 Å². The Kier molecular flexibility index (Phi) is 4.08. The number of imidazole rings is 1. The molecule has 1 fully saturated rings. The fourth-order valence-electron chi connectivity index (χ4n) is 3.16. The van der Waals surface area contributed by atoms with Crippen molar-refractivity contribution in [3.05, 3.63) is 22.2 Å². The highest BCUT2D eigenvalue weighted by atomic mass is 35.5. The highest BCUT2D eigenvalue weighted by Crippen LogP contribution is 2.31. The molecule has 2 aromatic rings. The van der Waals surface area contributed by atoms with Gasteiger partial charge >= 0.3 is 0 Å². The van der Waals surface area contributed by atoms with Crippen LogP contribution in [0.3, 0.4) is 0 Å².